The second-order valence-corrected chi connectivity index (χ2v) is 16.8. The normalized spacial score (nSPS) is 10.9. The summed E-state index contributed by atoms with van der Waals surface area (Å²) in [6, 6.07) is 17.1. The van der Waals surface area contributed by atoms with Crippen LogP contribution < -0.4 is 3.07 Å². The zero-order valence-electron chi connectivity index (χ0n) is 13.7. The molecule has 0 bridgehead atoms. The second kappa shape index (κ2) is 6.77. The molecule has 114 valence electrons. The number of rotatable bonds is 3. The molecule has 0 spiro atoms. The number of benzene rings is 2. The fraction of sp³-hybridized carbons (Fsp3) is 0.105. The molecule has 4 rings (SSSR count). The van der Waals surface area contributed by atoms with Gasteiger partial charge in [-0.05, 0) is 0 Å². The molecule has 0 atom stereocenters. The van der Waals surface area contributed by atoms with Crippen molar-refractivity contribution in [2.75, 3.05) is 0 Å². The molecule has 0 radical (unpaired) electrons. The van der Waals surface area contributed by atoms with Crippen LogP contribution in [0.25, 0.3) is 21.9 Å². The molecular formula is C19H15HgN3S. The Labute approximate surface area is 155 Å². The van der Waals surface area contributed by atoms with Crippen LogP contribution in [-0.4, -0.2) is 15.0 Å². The minimum atomic E-state index is -1.28. The van der Waals surface area contributed by atoms with Gasteiger partial charge in [0.1, 0.15) is 0 Å². The summed E-state index contributed by atoms with van der Waals surface area (Å²) in [4.78, 5) is 14.0. The standard InChI is InChI=1S/C12H9N3S.C7H7.Hg/c1-7-8-4-2-3-5-10(8)14-11-9(7)6-13-12(16)15-11;1-7-5-3-2-4-6-7;/h2-6H,1H3,(H,13,14,15,16);3-6H,1H3;/q;;+1/p-1. The first-order valence-electron chi connectivity index (χ1n) is 7.91. The average Bonchev–Trinajstić information content (AvgIpc) is 2.61. The summed E-state index contributed by atoms with van der Waals surface area (Å²) in [7, 11) is 1.87. The van der Waals surface area contributed by atoms with E-state index in [1.165, 1.54) is 19.6 Å². The van der Waals surface area contributed by atoms with Crippen molar-refractivity contribution in [2.24, 2.45) is 0 Å². The van der Waals surface area contributed by atoms with E-state index in [0.717, 1.165) is 21.7 Å². The van der Waals surface area contributed by atoms with Crippen LogP contribution in [0.1, 0.15) is 11.1 Å². The number of pyridine rings is 1. The third kappa shape index (κ3) is 3.17. The van der Waals surface area contributed by atoms with Crippen molar-refractivity contribution in [3.05, 3.63) is 65.9 Å². The van der Waals surface area contributed by atoms with Crippen molar-refractivity contribution in [3.8, 4) is 0 Å². The van der Waals surface area contributed by atoms with E-state index in [1.807, 2.05) is 32.6 Å². The Morgan fingerprint density at radius 1 is 0.875 bits per heavy atom. The van der Waals surface area contributed by atoms with Gasteiger partial charge >= 0.3 is 156 Å². The second-order valence-electron chi connectivity index (χ2n) is 5.92. The molecule has 0 aliphatic rings. The van der Waals surface area contributed by atoms with Crippen LogP contribution in [0.3, 0.4) is 0 Å². The Bertz CT molecular complexity index is 1030. The minimum absolute atomic E-state index is 0.806. The summed E-state index contributed by atoms with van der Waals surface area (Å²) in [5.41, 5.74) is 4.32. The van der Waals surface area contributed by atoms with Gasteiger partial charge in [-0.25, -0.2) is 0 Å². The van der Waals surface area contributed by atoms with Crippen molar-refractivity contribution in [1.29, 1.82) is 0 Å². The summed E-state index contributed by atoms with van der Waals surface area (Å²) < 4.78 is 1.50. The fourth-order valence-corrected chi connectivity index (χ4v) is 11.8. The number of nitrogens with zero attached hydrogens (tertiary/aromatic N) is 3. The van der Waals surface area contributed by atoms with Gasteiger partial charge in [-0.2, -0.15) is 0 Å². The van der Waals surface area contributed by atoms with E-state index < -0.39 is 23.1 Å². The van der Waals surface area contributed by atoms with Crippen molar-refractivity contribution < 1.29 is 23.1 Å². The van der Waals surface area contributed by atoms with Crippen LogP contribution in [0, 0.1) is 13.8 Å². The number of fused-ring (bicyclic) bond motifs is 2. The van der Waals surface area contributed by atoms with Gasteiger partial charge < -0.3 is 0 Å². The molecule has 0 fully saturated rings. The fourth-order valence-electron chi connectivity index (χ4n) is 2.76. The van der Waals surface area contributed by atoms with Crippen molar-refractivity contribution in [1.82, 2.24) is 15.0 Å². The molecule has 24 heavy (non-hydrogen) atoms. The topological polar surface area (TPSA) is 38.7 Å². The third-order valence-corrected chi connectivity index (χ3v) is 15.5. The summed E-state index contributed by atoms with van der Waals surface area (Å²) in [5, 5.41) is 3.09. The van der Waals surface area contributed by atoms with Crippen LogP contribution in [0.2, 0.25) is 0 Å². The van der Waals surface area contributed by atoms with E-state index in [0.29, 0.717) is 0 Å². The van der Waals surface area contributed by atoms with E-state index in [1.54, 1.807) is 0 Å². The van der Waals surface area contributed by atoms with Gasteiger partial charge in [-0.1, -0.05) is 0 Å². The van der Waals surface area contributed by atoms with Gasteiger partial charge in [0.2, 0.25) is 0 Å². The van der Waals surface area contributed by atoms with E-state index in [2.05, 4.69) is 49.2 Å². The van der Waals surface area contributed by atoms with E-state index in [9.17, 15) is 0 Å². The molecule has 5 heteroatoms. The molecular weight excluding hydrogens is 503 g/mol. The number of hydrogen-bond acceptors (Lipinski definition) is 4. The molecule has 0 unspecified atom stereocenters. The Balaban J connectivity index is 1.67. The van der Waals surface area contributed by atoms with Crippen LogP contribution in [0.5, 0.6) is 0 Å². The molecule has 3 nitrogen and oxygen atoms in total. The first-order valence-corrected chi connectivity index (χ1v) is 18.4. The summed E-state index contributed by atoms with van der Waals surface area (Å²) in [6.45, 7) is 4.24. The molecule has 0 N–H and O–H groups in total. The molecule has 2 aromatic carbocycles. The maximum atomic E-state index is 4.73. The predicted octanol–water partition coefficient (Wildman–Crippen LogP) is 4.21. The third-order valence-electron chi connectivity index (χ3n) is 4.17. The Morgan fingerprint density at radius 3 is 2.50 bits per heavy atom. The number of aromatic nitrogens is 3. The monoisotopic (exact) mass is 519 g/mol. The Kier molecular flexibility index (Phi) is 4.50. The Morgan fingerprint density at radius 2 is 1.67 bits per heavy atom. The summed E-state index contributed by atoms with van der Waals surface area (Å²) in [6.07, 6.45) is 1.93. The predicted molar refractivity (Wildman–Crippen MR) is 96.2 cm³/mol. The molecule has 2 heterocycles. The average molecular weight is 518 g/mol. The van der Waals surface area contributed by atoms with Gasteiger partial charge in [-0.15, -0.1) is 0 Å². The van der Waals surface area contributed by atoms with Crippen LogP contribution in [-0.2, 0) is 23.1 Å². The molecule has 2 aromatic heterocycles. The van der Waals surface area contributed by atoms with E-state index in [4.69, 9.17) is 9.97 Å². The summed E-state index contributed by atoms with van der Waals surface area (Å²) in [5.74, 6) is 0. The number of para-hydroxylation sites is 1. The van der Waals surface area contributed by atoms with Gasteiger partial charge in [0, 0.05) is 0 Å². The van der Waals surface area contributed by atoms with Crippen molar-refractivity contribution in [3.63, 3.8) is 0 Å². The first-order chi connectivity index (χ1) is 11.7. The van der Waals surface area contributed by atoms with Gasteiger partial charge in [-0.3, -0.25) is 0 Å². The first kappa shape index (κ1) is 16.0. The van der Waals surface area contributed by atoms with Crippen LogP contribution in [0.15, 0.2) is 59.9 Å². The molecule has 0 saturated carbocycles. The van der Waals surface area contributed by atoms with Crippen molar-refractivity contribution in [2.45, 2.75) is 19.0 Å². The molecule has 0 saturated heterocycles. The van der Waals surface area contributed by atoms with Gasteiger partial charge in [0.15, 0.2) is 0 Å². The van der Waals surface area contributed by atoms with Crippen LogP contribution in [0.4, 0.5) is 0 Å². The zero-order chi connectivity index (χ0) is 16.5. The zero-order valence-corrected chi connectivity index (χ0v) is 20.0. The van der Waals surface area contributed by atoms with Gasteiger partial charge in [0.05, 0.1) is 0 Å². The van der Waals surface area contributed by atoms with Crippen molar-refractivity contribution >= 4 is 33.3 Å². The number of hydrogen-bond donors (Lipinski definition) is 0. The number of aryl methyl sites for hydroxylation is 2. The van der Waals surface area contributed by atoms with Gasteiger partial charge in [0.25, 0.3) is 0 Å². The van der Waals surface area contributed by atoms with E-state index >= 15 is 0 Å². The molecule has 0 amide bonds. The maximum absolute atomic E-state index is 4.73. The summed E-state index contributed by atoms with van der Waals surface area (Å²) >= 11 is -1.28. The Hall–Kier alpha value is -1.52. The quantitative estimate of drug-likeness (QED) is 0.232. The molecule has 4 aromatic rings. The SMILES string of the molecule is Cc1cc[c]([Hg][S]c2ncc3c(C)c4ccccc4nc3n2)cc1. The van der Waals surface area contributed by atoms with Crippen LogP contribution >= 0.6 is 8.24 Å². The van der Waals surface area contributed by atoms with E-state index in [-0.39, 0.29) is 0 Å². The molecule has 0 aliphatic carbocycles. The molecule has 0 aliphatic heterocycles.